The highest BCUT2D eigenvalue weighted by atomic mass is 16.2. The molecule has 0 saturated heterocycles. The summed E-state index contributed by atoms with van der Waals surface area (Å²) in [6.07, 6.45) is 0.107. The zero-order chi connectivity index (χ0) is 19.1. The predicted octanol–water partition coefficient (Wildman–Crippen LogP) is -0.455. The van der Waals surface area contributed by atoms with E-state index in [2.05, 4.69) is 20.7 Å². The van der Waals surface area contributed by atoms with Crippen LogP contribution in [0.1, 0.15) is 37.1 Å². The quantitative estimate of drug-likeness (QED) is 0.575. The average molecular weight is 359 g/mol. The zero-order valence-corrected chi connectivity index (χ0v) is 14.3. The maximum absolute atomic E-state index is 12.9. The SMILES string of the molecule is CCNC(=O)n1nnc(C(C(=O)[C@@H](N)CCC(N)=O)c2ccccc2)n1. The number of tetrazole rings is 1. The van der Waals surface area contributed by atoms with E-state index >= 15 is 0 Å². The van der Waals surface area contributed by atoms with Gasteiger partial charge in [0.25, 0.3) is 0 Å². The number of amides is 2. The van der Waals surface area contributed by atoms with E-state index in [9.17, 15) is 14.4 Å². The number of nitrogens with one attached hydrogen (secondary N) is 1. The summed E-state index contributed by atoms with van der Waals surface area (Å²) in [5.74, 6) is -1.76. The molecule has 1 aromatic carbocycles. The second-order valence-corrected chi connectivity index (χ2v) is 5.63. The minimum Gasteiger partial charge on any atom is -0.370 e. The molecule has 10 nitrogen and oxygen atoms in total. The summed E-state index contributed by atoms with van der Waals surface area (Å²) in [4.78, 5) is 36.4. The smallest absolute Gasteiger partial charge is 0.360 e. The van der Waals surface area contributed by atoms with E-state index in [1.54, 1.807) is 37.3 Å². The Hall–Kier alpha value is -3.14. The number of aromatic nitrogens is 4. The lowest BCUT2D eigenvalue weighted by Gasteiger charge is -2.17. The lowest BCUT2D eigenvalue weighted by atomic mass is 9.89. The lowest BCUT2D eigenvalue weighted by Crippen LogP contribution is -2.36. The third-order valence-corrected chi connectivity index (χ3v) is 3.68. The van der Waals surface area contributed by atoms with Crippen molar-refractivity contribution in [2.45, 2.75) is 31.7 Å². The molecule has 1 heterocycles. The Labute approximate surface area is 149 Å². The van der Waals surface area contributed by atoms with Crippen LogP contribution in [0, 0.1) is 0 Å². The highest BCUT2D eigenvalue weighted by Crippen LogP contribution is 2.24. The Morgan fingerprint density at radius 2 is 1.92 bits per heavy atom. The van der Waals surface area contributed by atoms with E-state index in [-0.39, 0.29) is 24.4 Å². The fourth-order valence-electron chi connectivity index (χ4n) is 2.39. The maximum Gasteiger partial charge on any atom is 0.360 e. The van der Waals surface area contributed by atoms with Crippen LogP contribution in [0.2, 0.25) is 0 Å². The molecule has 0 saturated carbocycles. The van der Waals surface area contributed by atoms with Gasteiger partial charge in [0, 0.05) is 13.0 Å². The number of carbonyl (C=O) groups is 3. The summed E-state index contributed by atoms with van der Waals surface area (Å²) >= 11 is 0. The predicted molar refractivity (Wildman–Crippen MR) is 92.0 cm³/mol. The van der Waals surface area contributed by atoms with Crippen molar-refractivity contribution in [2.24, 2.45) is 11.5 Å². The maximum atomic E-state index is 12.9. The van der Waals surface area contributed by atoms with E-state index in [1.807, 2.05) is 0 Å². The van der Waals surface area contributed by atoms with Gasteiger partial charge in [-0.25, -0.2) is 4.79 Å². The second kappa shape index (κ2) is 8.81. The van der Waals surface area contributed by atoms with E-state index in [0.29, 0.717) is 12.1 Å². The van der Waals surface area contributed by atoms with Gasteiger partial charge in [-0.15, -0.1) is 10.2 Å². The number of Topliss-reactive ketones (excluding diaryl/α,β-unsaturated/α-hetero) is 1. The van der Waals surface area contributed by atoms with Crippen molar-refractivity contribution in [1.82, 2.24) is 25.5 Å². The molecule has 0 radical (unpaired) electrons. The van der Waals surface area contributed by atoms with Crippen LogP contribution in [-0.2, 0) is 9.59 Å². The Balaban J connectivity index is 2.32. The van der Waals surface area contributed by atoms with E-state index in [1.165, 1.54) is 0 Å². The molecule has 2 aromatic rings. The molecule has 138 valence electrons. The van der Waals surface area contributed by atoms with Crippen LogP contribution in [0.4, 0.5) is 4.79 Å². The van der Waals surface area contributed by atoms with Crippen molar-refractivity contribution >= 4 is 17.7 Å². The standard InChI is InChI=1S/C16H21N7O3/c1-2-19-16(26)23-21-15(20-22-23)13(10-6-4-3-5-7-10)14(25)11(17)8-9-12(18)24/h3-7,11,13H,2,8-9,17H2,1H3,(H2,18,24)(H,19,26)/t11-,13?/m0/s1. The molecule has 0 bridgehead atoms. The van der Waals surface area contributed by atoms with Gasteiger partial charge in [-0.05, 0) is 24.1 Å². The van der Waals surface area contributed by atoms with Gasteiger partial charge < -0.3 is 16.8 Å². The Bertz CT molecular complexity index is 775. The average Bonchev–Trinajstić information content (AvgIpc) is 3.10. The fourth-order valence-corrected chi connectivity index (χ4v) is 2.39. The van der Waals surface area contributed by atoms with Gasteiger partial charge in [0.05, 0.1) is 6.04 Å². The van der Waals surface area contributed by atoms with Crippen molar-refractivity contribution in [3.63, 3.8) is 0 Å². The number of nitrogens with zero attached hydrogens (tertiary/aromatic N) is 4. The summed E-state index contributed by atoms with van der Waals surface area (Å²) in [5, 5.41) is 14.1. The van der Waals surface area contributed by atoms with Crippen LogP contribution in [-0.4, -0.2) is 50.5 Å². The number of primary amides is 1. The van der Waals surface area contributed by atoms with Gasteiger partial charge in [-0.2, -0.15) is 0 Å². The molecule has 10 heteroatoms. The zero-order valence-electron chi connectivity index (χ0n) is 14.3. The first-order valence-corrected chi connectivity index (χ1v) is 8.14. The first kappa shape index (κ1) is 19.2. The Kier molecular flexibility index (Phi) is 6.50. The number of ketones is 1. The molecule has 5 N–H and O–H groups in total. The van der Waals surface area contributed by atoms with Crippen LogP contribution < -0.4 is 16.8 Å². The molecule has 1 unspecified atom stereocenters. The van der Waals surface area contributed by atoms with Gasteiger partial charge in [0.15, 0.2) is 11.6 Å². The van der Waals surface area contributed by atoms with Crippen LogP contribution >= 0.6 is 0 Å². The van der Waals surface area contributed by atoms with Gasteiger partial charge in [-0.3, -0.25) is 9.59 Å². The molecule has 0 aliphatic rings. The monoisotopic (exact) mass is 359 g/mol. The lowest BCUT2D eigenvalue weighted by molar-refractivity contribution is -0.121. The molecule has 0 aliphatic heterocycles. The Morgan fingerprint density at radius 1 is 1.23 bits per heavy atom. The topological polar surface area (TPSA) is 159 Å². The molecule has 0 fully saturated rings. The summed E-state index contributed by atoms with van der Waals surface area (Å²) in [5.41, 5.74) is 11.7. The summed E-state index contributed by atoms with van der Waals surface area (Å²) in [6, 6.07) is 7.31. The first-order chi connectivity index (χ1) is 12.4. The molecule has 0 aliphatic carbocycles. The number of benzene rings is 1. The van der Waals surface area contributed by atoms with Crippen molar-refractivity contribution < 1.29 is 14.4 Å². The van der Waals surface area contributed by atoms with Gasteiger partial charge in [0.2, 0.25) is 5.91 Å². The van der Waals surface area contributed by atoms with Crippen LogP contribution in [0.5, 0.6) is 0 Å². The molecular weight excluding hydrogens is 338 g/mol. The normalized spacial score (nSPS) is 13.0. The fraction of sp³-hybridized carbons (Fsp3) is 0.375. The van der Waals surface area contributed by atoms with Gasteiger partial charge in [0.1, 0.15) is 5.92 Å². The third kappa shape index (κ3) is 4.70. The second-order valence-electron chi connectivity index (χ2n) is 5.63. The highest BCUT2D eigenvalue weighted by molar-refractivity contribution is 5.92. The molecule has 0 spiro atoms. The Morgan fingerprint density at radius 3 is 2.54 bits per heavy atom. The van der Waals surface area contributed by atoms with E-state index in [0.717, 1.165) is 4.80 Å². The molecule has 2 amide bonds. The molecular formula is C16H21N7O3. The van der Waals surface area contributed by atoms with Crippen molar-refractivity contribution in [1.29, 1.82) is 0 Å². The van der Waals surface area contributed by atoms with Crippen LogP contribution in [0.3, 0.4) is 0 Å². The number of carbonyl (C=O) groups excluding carboxylic acids is 3. The van der Waals surface area contributed by atoms with Gasteiger partial charge >= 0.3 is 6.03 Å². The summed E-state index contributed by atoms with van der Waals surface area (Å²) in [7, 11) is 0. The minimum absolute atomic E-state index is 0.00651. The van der Waals surface area contributed by atoms with Crippen LogP contribution in [0.25, 0.3) is 0 Å². The molecule has 1 aromatic heterocycles. The first-order valence-electron chi connectivity index (χ1n) is 8.14. The molecule has 26 heavy (non-hydrogen) atoms. The number of rotatable bonds is 8. The number of hydrogen-bond acceptors (Lipinski definition) is 7. The number of nitrogens with two attached hydrogens (primary N) is 2. The summed E-state index contributed by atoms with van der Waals surface area (Å²) in [6.45, 7) is 2.15. The minimum atomic E-state index is -0.927. The van der Waals surface area contributed by atoms with Crippen molar-refractivity contribution in [2.75, 3.05) is 6.54 Å². The van der Waals surface area contributed by atoms with E-state index in [4.69, 9.17) is 11.5 Å². The van der Waals surface area contributed by atoms with E-state index < -0.39 is 23.9 Å². The van der Waals surface area contributed by atoms with Crippen LogP contribution in [0.15, 0.2) is 30.3 Å². The molecule has 2 rings (SSSR count). The largest absolute Gasteiger partial charge is 0.370 e. The summed E-state index contributed by atoms with van der Waals surface area (Å²) < 4.78 is 0. The number of hydrogen-bond donors (Lipinski definition) is 3. The van der Waals surface area contributed by atoms with Crippen molar-refractivity contribution in [3.8, 4) is 0 Å². The van der Waals surface area contributed by atoms with Gasteiger partial charge in [-0.1, -0.05) is 35.1 Å². The third-order valence-electron chi connectivity index (χ3n) is 3.68. The highest BCUT2D eigenvalue weighted by Gasteiger charge is 2.31. The van der Waals surface area contributed by atoms with Crippen molar-refractivity contribution in [3.05, 3.63) is 41.7 Å². The molecule has 2 atom stereocenters.